The second kappa shape index (κ2) is 8.93. The van der Waals surface area contributed by atoms with Gasteiger partial charge in [-0.1, -0.05) is 37.3 Å². The number of sulfonamides is 1. The van der Waals surface area contributed by atoms with E-state index < -0.39 is 10.0 Å². The topological polar surface area (TPSA) is 101 Å². The number of hydrogen-bond acceptors (Lipinski definition) is 4. The fourth-order valence-corrected chi connectivity index (χ4v) is 3.85. The first kappa shape index (κ1) is 20.1. The molecule has 1 amide bonds. The molecule has 0 saturated carbocycles. The highest BCUT2D eigenvalue weighted by Gasteiger charge is 2.16. The molecule has 1 atom stereocenters. The molecule has 26 heavy (non-hydrogen) atoms. The third-order valence-electron chi connectivity index (χ3n) is 4.08. The van der Waals surface area contributed by atoms with E-state index in [1.54, 1.807) is 12.1 Å². The van der Waals surface area contributed by atoms with Crippen LogP contribution in [0.5, 0.6) is 0 Å². The monoisotopic (exact) mass is 375 g/mol. The standard InChI is InChI=1S/C19H25N3O3S/c1-14-6-3-4-9-18(14)15(2)12-19(23)22-16-7-5-8-17(13-16)26(24,25)21-11-10-20/h3-9,13,15,21H,10-12,20H2,1-2H3,(H,22,23). The summed E-state index contributed by atoms with van der Waals surface area (Å²) in [4.78, 5) is 12.4. The molecule has 4 N–H and O–H groups in total. The Balaban J connectivity index is 2.05. The lowest BCUT2D eigenvalue weighted by Gasteiger charge is -2.15. The van der Waals surface area contributed by atoms with Gasteiger partial charge in [-0.3, -0.25) is 4.79 Å². The van der Waals surface area contributed by atoms with E-state index in [1.165, 1.54) is 12.1 Å². The van der Waals surface area contributed by atoms with Gasteiger partial charge in [-0.2, -0.15) is 0 Å². The van der Waals surface area contributed by atoms with Crippen molar-refractivity contribution >= 4 is 21.6 Å². The van der Waals surface area contributed by atoms with E-state index in [0.29, 0.717) is 12.1 Å². The minimum atomic E-state index is -3.63. The van der Waals surface area contributed by atoms with Crippen LogP contribution in [-0.4, -0.2) is 27.4 Å². The number of anilines is 1. The van der Waals surface area contributed by atoms with Gasteiger partial charge in [0.1, 0.15) is 0 Å². The summed E-state index contributed by atoms with van der Waals surface area (Å²) >= 11 is 0. The van der Waals surface area contributed by atoms with Crippen molar-refractivity contribution in [1.29, 1.82) is 0 Å². The van der Waals surface area contributed by atoms with Crippen molar-refractivity contribution in [3.8, 4) is 0 Å². The summed E-state index contributed by atoms with van der Waals surface area (Å²) in [5, 5.41) is 2.77. The Morgan fingerprint density at radius 2 is 1.88 bits per heavy atom. The van der Waals surface area contributed by atoms with Crippen molar-refractivity contribution in [1.82, 2.24) is 4.72 Å². The molecule has 7 heteroatoms. The lowest BCUT2D eigenvalue weighted by Crippen LogP contribution is -2.29. The van der Waals surface area contributed by atoms with Crippen LogP contribution in [0.2, 0.25) is 0 Å². The average molecular weight is 375 g/mol. The first-order valence-electron chi connectivity index (χ1n) is 8.48. The number of carbonyl (C=O) groups is 1. The zero-order chi connectivity index (χ0) is 19.2. The van der Waals surface area contributed by atoms with E-state index in [0.717, 1.165) is 11.1 Å². The lowest BCUT2D eigenvalue weighted by molar-refractivity contribution is -0.116. The van der Waals surface area contributed by atoms with Crippen LogP contribution in [0.25, 0.3) is 0 Å². The maximum atomic E-state index is 12.3. The van der Waals surface area contributed by atoms with Crippen LogP contribution < -0.4 is 15.8 Å². The third kappa shape index (κ3) is 5.39. The Kier molecular flexibility index (Phi) is 6.90. The fourth-order valence-electron chi connectivity index (χ4n) is 2.76. The van der Waals surface area contributed by atoms with Gasteiger partial charge < -0.3 is 11.1 Å². The van der Waals surface area contributed by atoms with Crippen LogP contribution in [0.3, 0.4) is 0 Å². The van der Waals surface area contributed by atoms with Crippen LogP contribution in [0.1, 0.15) is 30.4 Å². The average Bonchev–Trinajstić information content (AvgIpc) is 2.60. The normalized spacial score (nSPS) is 12.6. The van der Waals surface area contributed by atoms with Crippen molar-refractivity contribution in [3.63, 3.8) is 0 Å². The predicted molar refractivity (Wildman–Crippen MR) is 104 cm³/mol. The van der Waals surface area contributed by atoms with E-state index in [2.05, 4.69) is 10.0 Å². The molecule has 6 nitrogen and oxygen atoms in total. The largest absolute Gasteiger partial charge is 0.329 e. The quantitative estimate of drug-likeness (QED) is 0.659. The molecule has 0 fully saturated rings. The van der Waals surface area contributed by atoms with Gasteiger partial charge in [-0.05, 0) is 42.2 Å². The Bertz CT molecular complexity index is 866. The number of hydrogen-bond donors (Lipinski definition) is 3. The number of rotatable bonds is 8. The van der Waals surface area contributed by atoms with E-state index >= 15 is 0 Å². The van der Waals surface area contributed by atoms with Crippen LogP contribution in [0.4, 0.5) is 5.69 Å². The molecular weight excluding hydrogens is 350 g/mol. The Morgan fingerprint density at radius 3 is 2.58 bits per heavy atom. The minimum Gasteiger partial charge on any atom is -0.329 e. The molecule has 2 rings (SSSR count). The van der Waals surface area contributed by atoms with E-state index in [-0.39, 0.29) is 29.8 Å². The van der Waals surface area contributed by atoms with Gasteiger partial charge in [-0.25, -0.2) is 13.1 Å². The molecule has 140 valence electrons. The highest BCUT2D eigenvalue weighted by molar-refractivity contribution is 7.89. The smallest absolute Gasteiger partial charge is 0.240 e. The number of carbonyl (C=O) groups excluding carboxylic acids is 1. The number of benzene rings is 2. The molecule has 0 aliphatic carbocycles. The first-order valence-corrected chi connectivity index (χ1v) is 9.97. The zero-order valence-corrected chi connectivity index (χ0v) is 15.8. The van der Waals surface area contributed by atoms with Gasteiger partial charge in [-0.15, -0.1) is 0 Å². The van der Waals surface area contributed by atoms with Gasteiger partial charge in [0, 0.05) is 25.2 Å². The van der Waals surface area contributed by atoms with Crippen molar-refractivity contribution in [2.75, 3.05) is 18.4 Å². The van der Waals surface area contributed by atoms with Crippen LogP contribution in [0, 0.1) is 6.92 Å². The molecule has 1 unspecified atom stereocenters. The molecule has 0 aliphatic rings. The molecule has 0 bridgehead atoms. The van der Waals surface area contributed by atoms with Crippen LogP contribution in [-0.2, 0) is 14.8 Å². The van der Waals surface area contributed by atoms with Crippen LogP contribution >= 0.6 is 0 Å². The molecule has 2 aromatic rings. The maximum absolute atomic E-state index is 12.3. The SMILES string of the molecule is Cc1ccccc1C(C)CC(=O)Nc1cccc(S(=O)(=O)NCCN)c1. The van der Waals surface area contributed by atoms with Gasteiger partial charge in [0.25, 0.3) is 0 Å². The second-order valence-corrected chi connectivity index (χ2v) is 7.99. The summed E-state index contributed by atoms with van der Waals surface area (Å²) in [6.07, 6.45) is 0.313. The van der Waals surface area contributed by atoms with Crippen molar-refractivity contribution in [2.24, 2.45) is 5.73 Å². The Labute approximate surface area is 154 Å². The van der Waals surface area contributed by atoms with Crippen molar-refractivity contribution in [3.05, 3.63) is 59.7 Å². The molecule has 0 aromatic heterocycles. The fraction of sp³-hybridized carbons (Fsp3) is 0.316. The van der Waals surface area contributed by atoms with Gasteiger partial charge in [0.2, 0.25) is 15.9 Å². The first-order chi connectivity index (χ1) is 12.3. The molecule has 2 aromatic carbocycles. The van der Waals surface area contributed by atoms with Crippen molar-refractivity contribution < 1.29 is 13.2 Å². The maximum Gasteiger partial charge on any atom is 0.240 e. The third-order valence-corrected chi connectivity index (χ3v) is 5.53. The highest BCUT2D eigenvalue weighted by atomic mass is 32.2. The summed E-state index contributed by atoms with van der Waals surface area (Å²) in [5.74, 6) is -0.0976. The number of amides is 1. The van der Waals surface area contributed by atoms with Crippen molar-refractivity contribution in [2.45, 2.75) is 31.1 Å². The summed E-state index contributed by atoms with van der Waals surface area (Å²) in [7, 11) is -3.63. The summed E-state index contributed by atoms with van der Waals surface area (Å²) in [6, 6.07) is 14.1. The summed E-state index contributed by atoms with van der Waals surface area (Å²) < 4.78 is 26.7. The van der Waals surface area contributed by atoms with Crippen LogP contribution in [0.15, 0.2) is 53.4 Å². The lowest BCUT2D eigenvalue weighted by atomic mass is 9.93. The number of nitrogens with one attached hydrogen (secondary N) is 2. The summed E-state index contributed by atoms with van der Waals surface area (Å²) in [6.45, 7) is 4.39. The van der Waals surface area contributed by atoms with E-state index in [9.17, 15) is 13.2 Å². The van der Waals surface area contributed by atoms with E-state index in [4.69, 9.17) is 5.73 Å². The molecule has 0 heterocycles. The minimum absolute atomic E-state index is 0.0642. The second-order valence-electron chi connectivity index (χ2n) is 6.22. The molecule has 0 aliphatic heterocycles. The molecule has 0 radical (unpaired) electrons. The summed E-state index contributed by atoms with van der Waals surface area (Å²) in [5.41, 5.74) is 8.05. The number of nitrogens with two attached hydrogens (primary N) is 1. The van der Waals surface area contributed by atoms with Gasteiger partial charge in [0.15, 0.2) is 0 Å². The number of aryl methyl sites for hydroxylation is 1. The highest BCUT2D eigenvalue weighted by Crippen LogP contribution is 2.23. The molecular formula is C19H25N3O3S. The zero-order valence-electron chi connectivity index (χ0n) is 15.0. The predicted octanol–water partition coefficient (Wildman–Crippen LogP) is 2.36. The van der Waals surface area contributed by atoms with E-state index in [1.807, 2.05) is 38.1 Å². The Morgan fingerprint density at radius 1 is 1.15 bits per heavy atom. The molecule has 0 saturated heterocycles. The molecule has 0 spiro atoms. The van der Waals surface area contributed by atoms with Gasteiger partial charge in [0.05, 0.1) is 4.90 Å². The van der Waals surface area contributed by atoms with Gasteiger partial charge >= 0.3 is 0 Å². The Hall–Kier alpha value is -2.22.